The molecule has 0 aliphatic carbocycles. The highest BCUT2D eigenvalue weighted by Crippen LogP contribution is 2.27. The number of thiazole rings is 1. The Morgan fingerprint density at radius 2 is 1.94 bits per heavy atom. The number of piperidine rings is 1. The van der Waals surface area contributed by atoms with Crippen LogP contribution < -0.4 is 4.80 Å². The van der Waals surface area contributed by atoms with Crippen LogP contribution in [0, 0.1) is 18.3 Å². The molecule has 172 valence electrons. The van der Waals surface area contributed by atoms with Gasteiger partial charge in [-0.15, -0.1) is 18.2 Å². The summed E-state index contributed by atoms with van der Waals surface area (Å²) in [5.41, 5.74) is 0.950. The largest absolute Gasteiger partial charge is 0.305 e. The Hall–Kier alpha value is -2.09. The molecule has 3 aromatic rings. The highest BCUT2D eigenvalue weighted by Gasteiger charge is 2.32. The molecule has 0 bridgehead atoms. The van der Waals surface area contributed by atoms with Gasteiger partial charge in [0, 0.05) is 28.9 Å². The van der Waals surface area contributed by atoms with Crippen molar-refractivity contribution in [1.82, 2.24) is 8.87 Å². The van der Waals surface area contributed by atoms with Crippen LogP contribution in [-0.2, 0) is 21.4 Å². The number of sulfonamides is 1. The molecule has 6 nitrogen and oxygen atoms in total. The van der Waals surface area contributed by atoms with Crippen LogP contribution in [0.1, 0.15) is 12.8 Å². The maximum absolute atomic E-state index is 13.0. The van der Waals surface area contributed by atoms with Gasteiger partial charge in [-0.2, -0.15) is 9.30 Å². The van der Waals surface area contributed by atoms with Crippen LogP contribution in [0.2, 0.25) is 5.02 Å². The van der Waals surface area contributed by atoms with Gasteiger partial charge in [-0.25, -0.2) is 8.42 Å². The zero-order chi connectivity index (χ0) is 23.6. The number of carbonyl (C=O) groups is 1. The lowest BCUT2D eigenvalue weighted by Crippen LogP contribution is -2.40. The van der Waals surface area contributed by atoms with E-state index in [4.69, 9.17) is 18.0 Å². The number of carbonyl (C=O) groups excluding carboxylic acids is 1. The fraction of sp³-hybridized carbons (Fsp3) is 0.304. The van der Waals surface area contributed by atoms with Crippen molar-refractivity contribution in [1.29, 1.82) is 0 Å². The number of nitrogens with zero attached hydrogens (tertiary/aromatic N) is 3. The minimum Gasteiger partial charge on any atom is -0.305 e. The lowest BCUT2D eigenvalue weighted by atomic mass is 9.98. The minimum atomic E-state index is -3.62. The van der Waals surface area contributed by atoms with E-state index in [9.17, 15) is 13.2 Å². The standard InChI is InChI=1S/C23H22ClN3O3S3/c1-3-12-27-20-9-6-18(31-2)15-21(20)32-23(27)25-22(28)16-10-13-26(14-11-16)33(29,30)19-7-4-17(24)5-8-19/h1,4-9,15-16H,10-14H2,2H3. The molecule has 2 heterocycles. The van der Waals surface area contributed by atoms with E-state index in [1.54, 1.807) is 23.9 Å². The van der Waals surface area contributed by atoms with Crippen LogP contribution in [-0.4, -0.2) is 42.5 Å². The van der Waals surface area contributed by atoms with Crippen molar-refractivity contribution < 1.29 is 13.2 Å². The third-order valence-electron chi connectivity index (χ3n) is 5.60. The SMILES string of the molecule is C#CCn1c(=NC(=O)C2CCN(S(=O)(=O)c3ccc(Cl)cc3)CC2)sc2cc(SC)ccc21. The number of thioether (sulfide) groups is 1. The van der Waals surface area contributed by atoms with Gasteiger partial charge in [0.05, 0.1) is 21.7 Å². The summed E-state index contributed by atoms with van der Waals surface area (Å²) < 4.78 is 30.1. The monoisotopic (exact) mass is 519 g/mol. The summed E-state index contributed by atoms with van der Waals surface area (Å²) in [6.07, 6.45) is 8.41. The van der Waals surface area contributed by atoms with Gasteiger partial charge in [0.1, 0.15) is 0 Å². The first-order valence-electron chi connectivity index (χ1n) is 10.3. The van der Waals surface area contributed by atoms with E-state index >= 15 is 0 Å². The first-order valence-corrected chi connectivity index (χ1v) is 14.1. The summed E-state index contributed by atoms with van der Waals surface area (Å²) in [5.74, 6) is 2.08. The fourth-order valence-corrected chi connectivity index (χ4v) is 6.98. The second-order valence-electron chi connectivity index (χ2n) is 7.59. The van der Waals surface area contributed by atoms with E-state index in [2.05, 4.69) is 17.0 Å². The molecule has 0 saturated carbocycles. The Kier molecular flexibility index (Phi) is 7.31. The van der Waals surface area contributed by atoms with Crippen molar-refractivity contribution in [3.63, 3.8) is 0 Å². The molecule has 2 aromatic carbocycles. The third kappa shape index (κ3) is 5.05. The summed E-state index contributed by atoms with van der Waals surface area (Å²) in [5, 5.41) is 0.479. The molecule has 1 aliphatic heterocycles. The van der Waals surface area contributed by atoms with E-state index in [1.807, 2.05) is 23.0 Å². The predicted octanol–water partition coefficient (Wildman–Crippen LogP) is 4.24. The van der Waals surface area contributed by atoms with Crippen LogP contribution in [0.15, 0.2) is 57.2 Å². The van der Waals surface area contributed by atoms with Crippen molar-refractivity contribution in [3.05, 3.63) is 52.3 Å². The first kappa shape index (κ1) is 24.0. The Balaban J connectivity index is 1.53. The van der Waals surface area contributed by atoms with E-state index < -0.39 is 10.0 Å². The molecular formula is C23H22ClN3O3S3. The number of aromatic nitrogens is 1. The molecule has 0 atom stereocenters. The zero-order valence-electron chi connectivity index (χ0n) is 17.9. The number of hydrogen-bond acceptors (Lipinski definition) is 5. The minimum absolute atomic E-state index is 0.201. The Bertz CT molecular complexity index is 1390. The Morgan fingerprint density at radius 3 is 2.58 bits per heavy atom. The van der Waals surface area contributed by atoms with Crippen LogP contribution in [0.3, 0.4) is 0 Å². The number of rotatable bonds is 5. The van der Waals surface area contributed by atoms with Gasteiger partial charge in [0.15, 0.2) is 4.80 Å². The van der Waals surface area contributed by atoms with Gasteiger partial charge >= 0.3 is 0 Å². The highest BCUT2D eigenvalue weighted by molar-refractivity contribution is 7.98. The van der Waals surface area contributed by atoms with E-state index in [1.165, 1.54) is 27.8 Å². The maximum atomic E-state index is 13.0. The molecule has 33 heavy (non-hydrogen) atoms. The van der Waals surface area contributed by atoms with Crippen LogP contribution in [0.4, 0.5) is 0 Å². The quantitative estimate of drug-likeness (QED) is 0.373. The first-order chi connectivity index (χ1) is 15.8. The van der Waals surface area contributed by atoms with Crippen LogP contribution in [0.25, 0.3) is 10.2 Å². The second kappa shape index (κ2) is 10.0. The summed E-state index contributed by atoms with van der Waals surface area (Å²) in [6, 6.07) is 12.2. The summed E-state index contributed by atoms with van der Waals surface area (Å²) in [4.78, 5) is 19.3. The lowest BCUT2D eigenvalue weighted by molar-refractivity contribution is -0.122. The molecule has 1 aromatic heterocycles. The van der Waals surface area contributed by atoms with Gasteiger partial charge in [-0.1, -0.05) is 28.9 Å². The summed E-state index contributed by atoms with van der Waals surface area (Å²) in [6.45, 7) is 0.859. The van der Waals surface area contributed by atoms with Gasteiger partial charge < -0.3 is 4.57 Å². The molecule has 10 heteroatoms. The molecule has 0 unspecified atom stereocenters. The Morgan fingerprint density at radius 1 is 1.24 bits per heavy atom. The van der Waals surface area contributed by atoms with Gasteiger partial charge in [-0.05, 0) is 61.6 Å². The van der Waals surface area contributed by atoms with Crippen molar-refractivity contribution in [3.8, 4) is 12.3 Å². The van der Waals surface area contributed by atoms with Crippen molar-refractivity contribution in [2.75, 3.05) is 19.3 Å². The Labute approximate surface area is 206 Å². The zero-order valence-corrected chi connectivity index (χ0v) is 21.1. The molecule has 4 rings (SSSR count). The summed E-state index contributed by atoms with van der Waals surface area (Å²) in [7, 11) is -3.62. The molecule has 0 spiro atoms. The molecule has 1 saturated heterocycles. The van der Waals surface area contributed by atoms with Gasteiger partial charge in [0.25, 0.3) is 5.91 Å². The topological polar surface area (TPSA) is 71.7 Å². The molecule has 0 N–H and O–H groups in total. The number of halogens is 1. The number of benzene rings is 2. The van der Waals surface area contributed by atoms with Crippen molar-refractivity contribution in [2.45, 2.75) is 29.2 Å². The van der Waals surface area contributed by atoms with Crippen molar-refractivity contribution in [2.24, 2.45) is 10.9 Å². The van der Waals surface area contributed by atoms with E-state index in [-0.39, 0.29) is 29.8 Å². The number of fused-ring (bicyclic) bond motifs is 1. The van der Waals surface area contributed by atoms with Crippen LogP contribution >= 0.6 is 34.7 Å². The summed E-state index contributed by atoms with van der Waals surface area (Å²) >= 11 is 8.96. The average molecular weight is 520 g/mol. The molecule has 1 aliphatic rings. The predicted molar refractivity (Wildman–Crippen MR) is 134 cm³/mol. The van der Waals surface area contributed by atoms with Crippen molar-refractivity contribution >= 4 is 60.8 Å². The number of hydrogen-bond donors (Lipinski definition) is 0. The van der Waals surface area contributed by atoms with Gasteiger partial charge in [-0.3, -0.25) is 4.79 Å². The highest BCUT2D eigenvalue weighted by atomic mass is 35.5. The van der Waals surface area contributed by atoms with E-state index in [0.717, 1.165) is 15.1 Å². The molecule has 0 radical (unpaired) electrons. The number of amides is 1. The molecule has 1 fully saturated rings. The van der Waals surface area contributed by atoms with Gasteiger partial charge in [0.2, 0.25) is 10.0 Å². The smallest absolute Gasteiger partial charge is 0.251 e. The lowest BCUT2D eigenvalue weighted by Gasteiger charge is -2.29. The average Bonchev–Trinajstić information content (AvgIpc) is 3.15. The second-order valence-corrected chi connectivity index (χ2v) is 11.9. The normalized spacial score (nSPS) is 16.2. The third-order valence-corrected chi connectivity index (χ3v) is 9.53. The van der Waals surface area contributed by atoms with Crippen LogP contribution in [0.5, 0.6) is 0 Å². The fourth-order valence-electron chi connectivity index (χ4n) is 3.79. The number of terminal acetylenes is 1. The molecule has 1 amide bonds. The molecular weight excluding hydrogens is 498 g/mol. The maximum Gasteiger partial charge on any atom is 0.251 e. The van der Waals surface area contributed by atoms with E-state index in [0.29, 0.717) is 29.2 Å².